The van der Waals surface area contributed by atoms with E-state index in [9.17, 15) is 4.39 Å². The van der Waals surface area contributed by atoms with E-state index in [4.69, 9.17) is 16.0 Å². The zero-order valence-electron chi connectivity index (χ0n) is 11.5. The lowest BCUT2D eigenvalue weighted by atomic mass is 10.2. The number of hydrogen-bond acceptors (Lipinski definition) is 4. The number of hydrogen-bond donors (Lipinski definition) is 1. The van der Waals surface area contributed by atoms with Crippen LogP contribution in [-0.2, 0) is 6.42 Å². The number of halogens is 2. The number of nitrogens with one attached hydrogen (secondary N) is 1. The molecule has 0 atom stereocenters. The van der Waals surface area contributed by atoms with Gasteiger partial charge in [-0.25, -0.2) is 4.39 Å². The summed E-state index contributed by atoms with van der Waals surface area (Å²) in [5.41, 5.74) is 0.233. The minimum Gasteiger partial charge on any atom is -0.421 e. The fourth-order valence-corrected chi connectivity index (χ4v) is 1.94. The van der Waals surface area contributed by atoms with E-state index in [1.165, 1.54) is 6.07 Å². The van der Waals surface area contributed by atoms with E-state index in [2.05, 4.69) is 29.4 Å². The topological polar surface area (TPSA) is 51.0 Å². The molecule has 0 bridgehead atoms. The van der Waals surface area contributed by atoms with Crippen LogP contribution in [0.15, 0.2) is 22.6 Å². The third-order valence-electron chi connectivity index (χ3n) is 2.77. The molecule has 2 aromatic rings. The highest BCUT2D eigenvalue weighted by atomic mass is 35.5. The molecule has 0 unspecified atom stereocenters. The second-order valence-electron chi connectivity index (χ2n) is 4.81. The molecule has 1 heterocycles. The summed E-state index contributed by atoms with van der Waals surface area (Å²) in [6, 6.07) is 5.15. The Hall–Kier alpha value is -1.46. The number of aromatic nitrogens is 2. The summed E-state index contributed by atoms with van der Waals surface area (Å²) in [5.74, 6) is 0.132. The molecule has 108 valence electrons. The van der Waals surface area contributed by atoms with E-state index in [1.54, 1.807) is 12.1 Å². The standard InChI is InChI=1S/C14H17ClFN3O/c1-9(2)17-8-4-7-12-18-19-14(20-12)10-5-3-6-11(15)13(10)16/h3,5-6,9,17H,4,7-8H2,1-2H3. The van der Waals surface area contributed by atoms with Gasteiger partial charge in [-0.1, -0.05) is 31.5 Å². The number of nitrogens with zero attached hydrogens (tertiary/aromatic N) is 2. The fraction of sp³-hybridized carbons (Fsp3) is 0.429. The second kappa shape index (κ2) is 6.81. The summed E-state index contributed by atoms with van der Waals surface area (Å²) in [6.07, 6.45) is 1.55. The summed E-state index contributed by atoms with van der Waals surface area (Å²) in [6.45, 7) is 5.06. The van der Waals surface area contributed by atoms with Crippen molar-refractivity contribution >= 4 is 11.6 Å². The van der Waals surface area contributed by atoms with E-state index >= 15 is 0 Å². The minimum atomic E-state index is -0.536. The first-order valence-electron chi connectivity index (χ1n) is 6.58. The van der Waals surface area contributed by atoms with Crippen LogP contribution in [0.2, 0.25) is 5.02 Å². The molecular formula is C14H17ClFN3O. The molecule has 0 radical (unpaired) electrons. The van der Waals surface area contributed by atoms with Crippen molar-refractivity contribution in [1.82, 2.24) is 15.5 Å². The van der Waals surface area contributed by atoms with Gasteiger partial charge in [0, 0.05) is 12.5 Å². The molecule has 4 nitrogen and oxygen atoms in total. The van der Waals surface area contributed by atoms with E-state index in [0.717, 1.165) is 13.0 Å². The van der Waals surface area contributed by atoms with E-state index < -0.39 is 5.82 Å². The number of aryl methyl sites for hydroxylation is 1. The average Bonchev–Trinajstić information content (AvgIpc) is 2.86. The normalized spacial score (nSPS) is 11.2. The van der Waals surface area contributed by atoms with Crippen molar-refractivity contribution in [1.29, 1.82) is 0 Å². The van der Waals surface area contributed by atoms with Crippen molar-refractivity contribution in [2.45, 2.75) is 32.7 Å². The summed E-state index contributed by atoms with van der Waals surface area (Å²) in [5, 5.41) is 11.1. The fourth-order valence-electron chi connectivity index (χ4n) is 1.76. The Labute approximate surface area is 122 Å². The zero-order chi connectivity index (χ0) is 14.5. The average molecular weight is 298 g/mol. The predicted molar refractivity (Wildman–Crippen MR) is 76.2 cm³/mol. The highest BCUT2D eigenvalue weighted by Crippen LogP contribution is 2.26. The van der Waals surface area contributed by atoms with Crippen molar-refractivity contribution in [3.63, 3.8) is 0 Å². The Kier molecular flexibility index (Phi) is 5.09. The Bertz CT molecular complexity index is 571. The number of rotatable bonds is 6. The van der Waals surface area contributed by atoms with Crippen LogP contribution in [0.3, 0.4) is 0 Å². The van der Waals surface area contributed by atoms with Crippen LogP contribution in [0.4, 0.5) is 4.39 Å². The zero-order valence-corrected chi connectivity index (χ0v) is 12.2. The highest BCUT2D eigenvalue weighted by Gasteiger charge is 2.14. The first kappa shape index (κ1) is 14.9. The van der Waals surface area contributed by atoms with Crippen LogP contribution in [-0.4, -0.2) is 22.8 Å². The van der Waals surface area contributed by atoms with Crippen molar-refractivity contribution in [2.75, 3.05) is 6.54 Å². The maximum absolute atomic E-state index is 13.8. The minimum absolute atomic E-state index is 0.0448. The van der Waals surface area contributed by atoms with E-state index in [0.29, 0.717) is 18.4 Å². The van der Waals surface area contributed by atoms with Gasteiger partial charge in [-0.2, -0.15) is 0 Å². The van der Waals surface area contributed by atoms with Crippen molar-refractivity contribution in [2.24, 2.45) is 0 Å². The molecule has 0 aliphatic carbocycles. The summed E-state index contributed by atoms with van der Waals surface area (Å²) >= 11 is 5.73. The molecule has 6 heteroatoms. The summed E-state index contributed by atoms with van der Waals surface area (Å²) < 4.78 is 19.3. The van der Waals surface area contributed by atoms with E-state index in [-0.39, 0.29) is 16.5 Å². The Morgan fingerprint density at radius 3 is 2.90 bits per heavy atom. The van der Waals surface area contributed by atoms with Gasteiger partial charge in [-0.15, -0.1) is 10.2 Å². The molecule has 1 N–H and O–H groups in total. The van der Waals surface area contributed by atoms with Crippen LogP contribution < -0.4 is 5.32 Å². The SMILES string of the molecule is CC(C)NCCCc1nnc(-c2cccc(Cl)c2F)o1. The van der Waals surface area contributed by atoms with Gasteiger partial charge in [-0.3, -0.25) is 0 Å². The van der Waals surface area contributed by atoms with Crippen molar-refractivity contribution in [3.8, 4) is 11.5 Å². The van der Waals surface area contributed by atoms with Gasteiger partial charge < -0.3 is 9.73 Å². The quantitative estimate of drug-likeness (QED) is 0.830. The van der Waals surface area contributed by atoms with Gasteiger partial charge in [0.25, 0.3) is 5.89 Å². The van der Waals surface area contributed by atoms with Crippen LogP contribution in [0.25, 0.3) is 11.5 Å². The first-order chi connectivity index (χ1) is 9.58. The predicted octanol–water partition coefficient (Wildman–Crippen LogP) is 3.46. The maximum atomic E-state index is 13.8. The highest BCUT2D eigenvalue weighted by molar-refractivity contribution is 6.31. The summed E-state index contributed by atoms with van der Waals surface area (Å²) in [7, 11) is 0. The molecule has 2 rings (SSSR count). The lowest BCUT2D eigenvalue weighted by Gasteiger charge is -2.05. The first-order valence-corrected chi connectivity index (χ1v) is 6.96. The molecule has 0 spiro atoms. The van der Waals surface area contributed by atoms with Gasteiger partial charge in [0.2, 0.25) is 5.89 Å². The Morgan fingerprint density at radius 2 is 2.15 bits per heavy atom. The van der Waals surface area contributed by atoms with Crippen LogP contribution in [0, 0.1) is 5.82 Å². The molecule has 0 saturated heterocycles. The molecule has 1 aromatic heterocycles. The molecule has 0 amide bonds. The molecule has 0 aliphatic heterocycles. The van der Waals surface area contributed by atoms with Crippen LogP contribution in [0.1, 0.15) is 26.2 Å². The van der Waals surface area contributed by atoms with Crippen molar-refractivity contribution in [3.05, 3.63) is 34.9 Å². The van der Waals surface area contributed by atoms with Gasteiger partial charge in [0.15, 0.2) is 5.82 Å². The third-order valence-corrected chi connectivity index (χ3v) is 3.06. The Morgan fingerprint density at radius 1 is 1.35 bits per heavy atom. The molecule has 1 aromatic carbocycles. The smallest absolute Gasteiger partial charge is 0.250 e. The molecule has 0 saturated carbocycles. The second-order valence-corrected chi connectivity index (χ2v) is 5.22. The van der Waals surface area contributed by atoms with E-state index in [1.807, 2.05) is 0 Å². The van der Waals surface area contributed by atoms with Gasteiger partial charge in [-0.05, 0) is 25.1 Å². The molecule has 0 fully saturated rings. The largest absolute Gasteiger partial charge is 0.421 e. The lowest BCUT2D eigenvalue weighted by Crippen LogP contribution is -2.23. The molecule has 20 heavy (non-hydrogen) atoms. The molecular weight excluding hydrogens is 281 g/mol. The van der Waals surface area contributed by atoms with Crippen molar-refractivity contribution < 1.29 is 8.81 Å². The maximum Gasteiger partial charge on any atom is 0.250 e. The summed E-state index contributed by atoms with van der Waals surface area (Å²) in [4.78, 5) is 0. The van der Waals surface area contributed by atoms with Gasteiger partial charge in [0.1, 0.15) is 0 Å². The Balaban J connectivity index is 2.00. The number of benzene rings is 1. The van der Waals surface area contributed by atoms with Gasteiger partial charge >= 0.3 is 0 Å². The monoisotopic (exact) mass is 297 g/mol. The van der Waals surface area contributed by atoms with Crippen LogP contribution >= 0.6 is 11.6 Å². The van der Waals surface area contributed by atoms with Crippen LogP contribution in [0.5, 0.6) is 0 Å². The lowest BCUT2D eigenvalue weighted by molar-refractivity contribution is 0.481. The van der Waals surface area contributed by atoms with Gasteiger partial charge in [0.05, 0.1) is 10.6 Å². The third kappa shape index (κ3) is 3.77. The molecule has 0 aliphatic rings.